The van der Waals surface area contributed by atoms with Crippen molar-refractivity contribution < 1.29 is 32.8 Å². The Morgan fingerprint density at radius 2 is 1.41 bits per heavy atom. The Hall–Kier alpha value is -0.0100. The highest BCUT2D eigenvalue weighted by atomic mass is 31.2. The van der Waals surface area contributed by atoms with Gasteiger partial charge < -0.3 is 19.2 Å². The lowest BCUT2D eigenvalue weighted by Gasteiger charge is -2.24. The fraction of sp³-hybridized carbons (Fsp3) is 1.00. The van der Waals surface area contributed by atoms with Crippen molar-refractivity contribution in [2.75, 3.05) is 54.1 Å². The molecule has 0 saturated heterocycles. The van der Waals surface area contributed by atoms with Gasteiger partial charge in [-0.25, -0.2) is 4.57 Å². The van der Waals surface area contributed by atoms with Gasteiger partial charge in [0, 0.05) is 6.61 Å². The van der Waals surface area contributed by atoms with Gasteiger partial charge in [-0.2, -0.15) is 0 Å². The molecule has 0 saturated carbocycles. The standard InChI is InChI=1S/C19H42NO6P/c1-5-6-7-8-9-10-11-12-13-15-24-17-19(21)18-26-27(22,23)25-16-14-20(2,3)4/h19,21H,5-18H2,1-4H3/p+1/t19-/m1/s1. The largest absolute Gasteiger partial charge is 0.472 e. The van der Waals surface area contributed by atoms with E-state index in [9.17, 15) is 14.6 Å². The molecule has 0 fully saturated rings. The number of rotatable bonds is 19. The molecular weight excluding hydrogens is 369 g/mol. The number of phosphoric acid groups is 1. The van der Waals surface area contributed by atoms with E-state index in [1.165, 1.54) is 44.9 Å². The first kappa shape index (κ1) is 27.0. The first-order chi connectivity index (χ1) is 12.7. The van der Waals surface area contributed by atoms with Crippen LogP contribution in [0.2, 0.25) is 0 Å². The predicted molar refractivity (Wildman–Crippen MR) is 109 cm³/mol. The van der Waals surface area contributed by atoms with E-state index in [1.54, 1.807) is 0 Å². The highest BCUT2D eigenvalue weighted by Gasteiger charge is 2.24. The molecule has 0 heterocycles. The van der Waals surface area contributed by atoms with Crippen LogP contribution in [0.4, 0.5) is 0 Å². The summed E-state index contributed by atoms with van der Waals surface area (Å²) in [7, 11) is 1.75. The summed E-state index contributed by atoms with van der Waals surface area (Å²) in [5.74, 6) is 0. The minimum absolute atomic E-state index is 0.0932. The Morgan fingerprint density at radius 3 is 1.96 bits per heavy atom. The van der Waals surface area contributed by atoms with Gasteiger partial charge in [-0.3, -0.25) is 9.05 Å². The lowest BCUT2D eigenvalue weighted by Crippen LogP contribution is -2.37. The number of nitrogens with zero attached hydrogens (tertiary/aromatic N) is 1. The molecule has 0 aromatic heterocycles. The van der Waals surface area contributed by atoms with Crippen molar-refractivity contribution in [3.8, 4) is 0 Å². The van der Waals surface area contributed by atoms with Crippen LogP contribution in [0.25, 0.3) is 0 Å². The molecule has 0 aliphatic carbocycles. The number of hydrogen-bond donors (Lipinski definition) is 2. The van der Waals surface area contributed by atoms with Crippen LogP contribution in [0, 0.1) is 0 Å². The second kappa shape index (κ2) is 15.9. The monoisotopic (exact) mass is 412 g/mol. The van der Waals surface area contributed by atoms with E-state index >= 15 is 0 Å². The van der Waals surface area contributed by atoms with Gasteiger partial charge in [0.2, 0.25) is 0 Å². The van der Waals surface area contributed by atoms with Crippen LogP contribution in [-0.4, -0.2) is 74.7 Å². The first-order valence-electron chi connectivity index (χ1n) is 10.3. The van der Waals surface area contributed by atoms with E-state index in [-0.39, 0.29) is 19.8 Å². The fourth-order valence-corrected chi connectivity index (χ4v) is 3.18. The van der Waals surface area contributed by atoms with Crippen molar-refractivity contribution in [2.45, 2.75) is 70.8 Å². The highest BCUT2D eigenvalue weighted by molar-refractivity contribution is 7.47. The second-order valence-corrected chi connectivity index (χ2v) is 9.62. The van der Waals surface area contributed by atoms with E-state index in [2.05, 4.69) is 6.92 Å². The Bertz CT molecular complexity index is 389. The van der Waals surface area contributed by atoms with Crippen LogP contribution >= 0.6 is 7.82 Å². The molecule has 0 aromatic carbocycles. The smallest absolute Gasteiger partial charge is 0.388 e. The van der Waals surface area contributed by atoms with Gasteiger partial charge in [-0.15, -0.1) is 0 Å². The highest BCUT2D eigenvalue weighted by Crippen LogP contribution is 2.43. The number of ether oxygens (including phenoxy) is 1. The van der Waals surface area contributed by atoms with Gasteiger partial charge in [0.25, 0.3) is 0 Å². The maximum atomic E-state index is 11.7. The summed E-state index contributed by atoms with van der Waals surface area (Å²) in [6.07, 6.45) is 10.3. The summed E-state index contributed by atoms with van der Waals surface area (Å²) in [5, 5.41) is 9.77. The van der Waals surface area contributed by atoms with Crippen molar-refractivity contribution >= 4 is 7.82 Å². The van der Waals surface area contributed by atoms with E-state index in [4.69, 9.17) is 13.8 Å². The fourth-order valence-electron chi connectivity index (χ4n) is 2.43. The van der Waals surface area contributed by atoms with Crippen LogP contribution in [0.3, 0.4) is 0 Å². The molecule has 2 N–H and O–H groups in total. The van der Waals surface area contributed by atoms with Crippen LogP contribution in [0.5, 0.6) is 0 Å². The maximum absolute atomic E-state index is 11.7. The molecule has 1 unspecified atom stereocenters. The van der Waals surface area contributed by atoms with E-state index in [0.29, 0.717) is 17.6 Å². The molecule has 164 valence electrons. The zero-order valence-corrected chi connectivity index (χ0v) is 18.8. The summed E-state index contributed by atoms with van der Waals surface area (Å²) in [4.78, 5) is 9.57. The molecule has 0 aliphatic heterocycles. The molecule has 0 aromatic rings. The normalized spacial score (nSPS) is 15.6. The molecule has 7 nitrogen and oxygen atoms in total. The van der Waals surface area contributed by atoms with E-state index in [0.717, 1.165) is 12.8 Å². The second-order valence-electron chi connectivity index (χ2n) is 8.17. The van der Waals surface area contributed by atoms with Crippen molar-refractivity contribution in [2.24, 2.45) is 0 Å². The molecule has 0 aliphatic rings. The Kier molecular flexibility index (Phi) is 15.9. The van der Waals surface area contributed by atoms with Crippen LogP contribution in [0.1, 0.15) is 64.7 Å². The minimum atomic E-state index is -4.13. The summed E-state index contributed by atoms with van der Waals surface area (Å²) in [5.41, 5.74) is 0. The number of likely N-dealkylation sites (N-methyl/N-ethyl adjacent to an activating group) is 1. The van der Waals surface area contributed by atoms with Gasteiger partial charge in [0.15, 0.2) is 0 Å². The number of aliphatic hydroxyl groups is 1. The van der Waals surface area contributed by atoms with Crippen LogP contribution < -0.4 is 0 Å². The molecular formula is C19H43NO6P+. The number of aliphatic hydroxyl groups excluding tert-OH is 1. The summed E-state index contributed by atoms with van der Waals surface area (Å²) in [6.45, 7) is 3.32. The number of unbranched alkanes of at least 4 members (excludes halogenated alkanes) is 8. The summed E-state index contributed by atoms with van der Waals surface area (Å²) >= 11 is 0. The Labute approximate surface area is 166 Å². The van der Waals surface area contributed by atoms with Crippen molar-refractivity contribution in [3.05, 3.63) is 0 Å². The number of hydrogen-bond acceptors (Lipinski definition) is 5. The lowest BCUT2D eigenvalue weighted by molar-refractivity contribution is -0.870. The molecule has 2 atom stereocenters. The summed E-state index contributed by atoms with van der Waals surface area (Å²) < 4.78 is 27.4. The quantitative estimate of drug-likeness (QED) is 0.191. The third kappa shape index (κ3) is 20.5. The Balaban J connectivity index is 3.52. The van der Waals surface area contributed by atoms with Crippen LogP contribution in [0.15, 0.2) is 0 Å². The van der Waals surface area contributed by atoms with E-state index in [1.807, 2.05) is 21.1 Å². The topological polar surface area (TPSA) is 85.2 Å². The molecule has 0 spiro atoms. The average molecular weight is 413 g/mol. The summed E-state index contributed by atoms with van der Waals surface area (Å²) in [6, 6.07) is 0. The van der Waals surface area contributed by atoms with Crippen molar-refractivity contribution in [3.63, 3.8) is 0 Å². The van der Waals surface area contributed by atoms with Gasteiger partial charge in [0.05, 0.1) is 34.4 Å². The van der Waals surface area contributed by atoms with Gasteiger partial charge in [-0.05, 0) is 6.42 Å². The zero-order valence-electron chi connectivity index (χ0n) is 17.9. The van der Waals surface area contributed by atoms with Crippen LogP contribution in [-0.2, 0) is 18.3 Å². The molecule has 0 radical (unpaired) electrons. The molecule has 0 amide bonds. The third-order valence-electron chi connectivity index (χ3n) is 4.15. The lowest BCUT2D eigenvalue weighted by atomic mass is 10.1. The van der Waals surface area contributed by atoms with Gasteiger partial charge >= 0.3 is 7.82 Å². The number of quaternary nitrogens is 1. The maximum Gasteiger partial charge on any atom is 0.472 e. The SMILES string of the molecule is CCCCCCCCCCCOC[C@@H](O)COP(=O)(O)OCC[N+](C)(C)C. The third-order valence-corrected chi connectivity index (χ3v) is 5.13. The predicted octanol–water partition coefficient (Wildman–Crippen LogP) is 3.73. The number of phosphoric ester groups is 1. The molecule has 0 rings (SSSR count). The van der Waals surface area contributed by atoms with Gasteiger partial charge in [-0.1, -0.05) is 58.3 Å². The van der Waals surface area contributed by atoms with Crippen molar-refractivity contribution in [1.82, 2.24) is 0 Å². The van der Waals surface area contributed by atoms with Crippen molar-refractivity contribution in [1.29, 1.82) is 0 Å². The van der Waals surface area contributed by atoms with Gasteiger partial charge in [0.1, 0.15) is 19.3 Å². The Morgan fingerprint density at radius 1 is 0.852 bits per heavy atom. The molecule has 8 heteroatoms. The first-order valence-corrected chi connectivity index (χ1v) is 11.8. The molecule has 0 bridgehead atoms. The average Bonchev–Trinajstić information content (AvgIpc) is 2.56. The van der Waals surface area contributed by atoms with E-state index < -0.39 is 13.9 Å². The zero-order chi connectivity index (χ0) is 20.6. The minimum Gasteiger partial charge on any atom is -0.388 e. The molecule has 27 heavy (non-hydrogen) atoms.